The number of hydrogen-bond acceptors (Lipinski definition) is 5. The molecule has 7 nitrogen and oxygen atoms in total. The minimum Gasteiger partial charge on any atom is -0.379 e. The Balaban J connectivity index is 1.44. The summed E-state index contributed by atoms with van der Waals surface area (Å²) in [6.45, 7) is 5.63. The molecule has 1 aliphatic rings. The third-order valence-corrected chi connectivity index (χ3v) is 5.16. The second-order valence-corrected chi connectivity index (χ2v) is 7.03. The molecule has 1 N–H and O–H groups in total. The van der Waals surface area contributed by atoms with E-state index in [9.17, 15) is 4.79 Å². The Morgan fingerprint density at radius 3 is 2.86 bits per heavy atom. The SMILES string of the molecule is Cc1cccn2c(CC(=O)NCC(c3ccccn3)N3CCOCC3)cnc12. The monoisotopic (exact) mass is 379 g/mol. The molecule has 1 atom stereocenters. The van der Waals surface area contributed by atoms with Gasteiger partial charge in [0.25, 0.3) is 0 Å². The number of nitrogens with one attached hydrogen (secondary N) is 1. The first-order valence-corrected chi connectivity index (χ1v) is 9.63. The molecule has 3 aromatic rings. The number of ether oxygens (including phenoxy) is 1. The molecule has 1 amide bonds. The predicted octanol–water partition coefficient (Wildman–Crippen LogP) is 1.77. The van der Waals surface area contributed by atoms with Crippen molar-refractivity contribution in [2.24, 2.45) is 0 Å². The van der Waals surface area contributed by atoms with Crippen LogP contribution in [0.5, 0.6) is 0 Å². The van der Waals surface area contributed by atoms with Gasteiger partial charge >= 0.3 is 0 Å². The number of rotatable bonds is 6. The zero-order chi connectivity index (χ0) is 19.3. The fourth-order valence-corrected chi connectivity index (χ4v) is 3.65. The molecule has 0 saturated carbocycles. The minimum absolute atomic E-state index is 0.0162. The van der Waals surface area contributed by atoms with E-state index in [1.165, 1.54) is 0 Å². The summed E-state index contributed by atoms with van der Waals surface area (Å²) in [6.07, 6.45) is 5.82. The molecule has 1 unspecified atom stereocenters. The number of pyridine rings is 2. The molecular formula is C21H25N5O2. The normalized spacial score (nSPS) is 16.2. The third kappa shape index (κ3) is 4.05. The molecule has 3 aromatic heterocycles. The highest BCUT2D eigenvalue weighted by atomic mass is 16.5. The van der Waals surface area contributed by atoms with E-state index in [2.05, 4.69) is 20.2 Å². The van der Waals surface area contributed by atoms with Gasteiger partial charge in [0.2, 0.25) is 5.91 Å². The number of hydrogen-bond donors (Lipinski definition) is 1. The Morgan fingerprint density at radius 2 is 2.07 bits per heavy atom. The molecule has 4 rings (SSSR count). The summed E-state index contributed by atoms with van der Waals surface area (Å²) in [7, 11) is 0. The maximum atomic E-state index is 12.6. The fraction of sp³-hybridized carbons (Fsp3) is 0.381. The number of fused-ring (bicyclic) bond motifs is 1. The van der Waals surface area contributed by atoms with Gasteiger partial charge in [-0.3, -0.25) is 14.7 Å². The summed E-state index contributed by atoms with van der Waals surface area (Å²) in [5.41, 5.74) is 3.84. The van der Waals surface area contributed by atoms with Gasteiger partial charge in [-0.2, -0.15) is 0 Å². The highest BCUT2D eigenvalue weighted by Crippen LogP contribution is 2.19. The zero-order valence-electron chi connectivity index (χ0n) is 16.0. The Morgan fingerprint density at radius 1 is 1.21 bits per heavy atom. The maximum Gasteiger partial charge on any atom is 0.226 e. The summed E-state index contributed by atoms with van der Waals surface area (Å²) in [6, 6.07) is 9.94. The Bertz CT molecular complexity index is 934. The molecule has 7 heteroatoms. The van der Waals surface area contributed by atoms with Crippen LogP contribution in [0.25, 0.3) is 5.65 Å². The second-order valence-electron chi connectivity index (χ2n) is 7.03. The average Bonchev–Trinajstić information content (AvgIpc) is 3.14. The van der Waals surface area contributed by atoms with Gasteiger partial charge in [0.05, 0.1) is 37.1 Å². The Hall–Kier alpha value is -2.77. The average molecular weight is 379 g/mol. The number of morpholine rings is 1. The van der Waals surface area contributed by atoms with Crippen LogP contribution in [0.3, 0.4) is 0 Å². The van der Waals surface area contributed by atoms with Gasteiger partial charge in [-0.15, -0.1) is 0 Å². The van der Waals surface area contributed by atoms with E-state index >= 15 is 0 Å². The molecular weight excluding hydrogens is 354 g/mol. The number of aromatic nitrogens is 3. The van der Waals surface area contributed by atoms with Gasteiger partial charge < -0.3 is 14.5 Å². The lowest BCUT2D eigenvalue weighted by Gasteiger charge is -2.34. The van der Waals surface area contributed by atoms with E-state index in [0.29, 0.717) is 26.2 Å². The van der Waals surface area contributed by atoms with Crippen molar-refractivity contribution in [3.05, 3.63) is 65.9 Å². The Labute approximate surface area is 164 Å². The van der Waals surface area contributed by atoms with E-state index in [-0.39, 0.29) is 11.9 Å². The number of carbonyl (C=O) groups is 1. The van der Waals surface area contributed by atoms with Crippen LogP contribution in [0.15, 0.2) is 48.9 Å². The predicted molar refractivity (Wildman–Crippen MR) is 106 cm³/mol. The van der Waals surface area contributed by atoms with Crippen molar-refractivity contribution >= 4 is 11.6 Å². The van der Waals surface area contributed by atoms with E-state index in [4.69, 9.17) is 4.74 Å². The molecule has 0 aliphatic carbocycles. The van der Waals surface area contributed by atoms with Gasteiger partial charge in [0.15, 0.2) is 0 Å². The van der Waals surface area contributed by atoms with E-state index in [0.717, 1.165) is 35.7 Å². The van der Waals surface area contributed by atoms with Crippen molar-refractivity contribution in [3.63, 3.8) is 0 Å². The smallest absolute Gasteiger partial charge is 0.226 e. The highest BCUT2D eigenvalue weighted by molar-refractivity contribution is 5.78. The van der Waals surface area contributed by atoms with Gasteiger partial charge in [-0.1, -0.05) is 12.1 Å². The van der Waals surface area contributed by atoms with Crippen molar-refractivity contribution in [2.75, 3.05) is 32.8 Å². The molecule has 1 fully saturated rings. The summed E-state index contributed by atoms with van der Waals surface area (Å²) < 4.78 is 7.45. The lowest BCUT2D eigenvalue weighted by molar-refractivity contribution is -0.120. The molecule has 0 bridgehead atoms. The third-order valence-electron chi connectivity index (χ3n) is 5.16. The van der Waals surface area contributed by atoms with Gasteiger partial charge in [-0.05, 0) is 30.7 Å². The van der Waals surface area contributed by atoms with E-state index in [1.807, 2.05) is 47.9 Å². The lowest BCUT2D eigenvalue weighted by Crippen LogP contribution is -2.44. The van der Waals surface area contributed by atoms with E-state index < -0.39 is 0 Å². The van der Waals surface area contributed by atoms with Crippen LogP contribution in [0.1, 0.15) is 23.0 Å². The molecule has 1 aliphatic heterocycles. The quantitative estimate of drug-likeness (QED) is 0.707. The summed E-state index contributed by atoms with van der Waals surface area (Å²) in [5.74, 6) is -0.0162. The zero-order valence-corrected chi connectivity index (χ0v) is 16.0. The first kappa shape index (κ1) is 18.6. The van der Waals surface area contributed by atoms with Crippen LogP contribution >= 0.6 is 0 Å². The lowest BCUT2D eigenvalue weighted by atomic mass is 10.1. The van der Waals surface area contributed by atoms with Gasteiger partial charge in [0.1, 0.15) is 5.65 Å². The first-order valence-electron chi connectivity index (χ1n) is 9.63. The Kier molecular flexibility index (Phi) is 5.64. The van der Waals surface area contributed by atoms with Crippen LogP contribution in [-0.4, -0.2) is 58.0 Å². The maximum absolute atomic E-state index is 12.6. The topological polar surface area (TPSA) is 71.8 Å². The summed E-state index contributed by atoms with van der Waals surface area (Å²) >= 11 is 0. The molecule has 146 valence electrons. The summed E-state index contributed by atoms with van der Waals surface area (Å²) in [5, 5.41) is 3.09. The molecule has 1 saturated heterocycles. The van der Waals surface area contributed by atoms with Crippen LogP contribution in [-0.2, 0) is 16.0 Å². The van der Waals surface area contributed by atoms with Crippen LogP contribution in [0.4, 0.5) is 0 Å². The molecule has 4 heterocycles. The molecule has 28 heavy (non-hydrogen) atoms. The summed E-state index contributed by atoms with van der Waals surface area (Å²) in [4.78, 5) is 23.9. The van der Waals surface area contributed by atoms with Gasteiger partial charge in [0, 0.05) is 38.2 Å². The highest BCUT2D eigenvalue weighted by Gasteiger charge is 2.24. The van der Waals surface area contributed by atoms with Gasteiger partial charge in [-0.25, -0.2) is 4.98 Å². The molecule has 0 radical (unpaired) electrons. The standard InChI is InChI=1S/C21H25N5O2/c1-16-5-4-8-26-17(14-24-21(16)26)13-20(27)23-15-19(18-6-2-3-7-22-18)25-9-11-28-12-10-25/h2-8,14,19H,9-13,15H2,1H3,(H,23,27). The fourth-order valence-electron chi connectivity index (χ4n) is 3.65. The van der Waals surface area contributed by atoms with Crippen molar-refractivity contribution in [3.8, 4) is 0 Å². The van der Waals surface area contributed by atoms with Crippen molar-refractivity contribution in [2.45, 2.75) is 19.4 Å². The van der Waals surface area contributed by atoms with Crippen molar-refractivity contribution in [1.29, 1.82) is 0 Å². The first-order chi connectivity index (χ1) is 13.7. The second kappa shape index (κ2) is 8.50. The van der Waals surface area contributed by atoms with E-state index in [1.54, 1.807) is 12.4 Å². The number of nitrogens with zero attached hydrogens (tertiary/aromatic N) is 4. The molecule has 0 spiro atoms. The number of amides is 1. The van der Waals surface area contributed by atoms with Crippen molar-refractivity contribution in [1.82, 2.24) is 24.6 Å². The number of carbonyl (C=O) groups excluding carboxylic acids is 1. The number of aryl methyl sites for hydroxylation is 1. The van der Waals surface area contributed by atoms with Crippen LogP contribution < -0.4 is 5.32 Å². The molecule has 0 aromatic carbocycles. The largest absolute Gasteiger partial charge is 0.379 e. The van der Waals surface area contributed by atoms with Crippen LogP contribution in [0, 0.1) is 6.92 Å². The number of imidazole rings is 1. The van der Waals surface area contributed by atoms with Crippen molar-refractivity contribution < 1.29 is 9.53 Å². The minimum atomic E-state index is -0.0162. The van der Waals surface area contributed by atoms with Crippen LogP contribution in [0.2, 0.25) is 0 Å².